The summed E-state index contributed by atoms with van der Waals surface area (Å²) in [6.07, 6.45) is 1.68. The van der Waals surface area contributed by atoms with Crippen molar-refractivity contribution in [3.05, 3.63) is 47.2 Å². The van der Waals surface area contributed by atoms with E-state index in [4.69, 9.17) is 4.42 Å². The maximum absolute atomic E-state index is 13.0. The van der Waals surface area contributed by atoms with Gasteiger partial charge in [-0.15, -0.1) is 0 Å². The Morgan fingerprint density at radius 1 is 1.33 bits per heavy atom. The first-order valence-electron chi connectivity index (χ1n) is 8.53. The Morgan fingerprint density at radius 3 is 2.67 bits per heavy atom. The van der Waals surface area contributed by atoms with Crippen LogP contribution < -0.4 is 0 Å². The van der Waals surface area contributed by atoms with Crippen molar-refractivity contribution in [1.82, 2.24) is 14.4 Å². The fraction of sp³-hybridized carbons (Fsp3) is 0.526. The third-order valence-electron chi connectivity index (χ3n) is 5.22. The molecule has 0 unspecified atom stereocenters. The minimum absolute atomic E-state index is 0.144. The smallest absolute Gasteiger partial charge is 0.255 e. The number of rotatable bonds is 4. The van der Waals surface area contributed by atoms with Crippen molar-refractivity contribution in [2.75, 3.05) is 27.2 Å². The Kier molecular flexibility index (Phi) is 4.54. The first-order chi connectivity index (χ1) is 11.4. The van der Waals surface area contributed by atoms with Crippen LogP contribution in [0.3, 0.4) is 0 Å². The number of furan rings is 1. The number of carbonyl (C=O) groups is 1. The number of likely N-dealkylation sites (tertiary alicyclic amines) is 1. The molecule has 130 valence electrons. The number of likely N-dealkylation sites (N-methyl/N-ethyl adjacent to an activating group) is 1. The molecule has 0 spiro atoms. The summed E-state index contributed by atoms with van der Waals surface area (Å²) in [5.41, 5.74) is 2.91. The first kappa shape index (κ1) is 16.8. The monoisotopic (exact) mass is 329 g/mol. The molecule has 2 aromatic heterocycles. The second-order valence-corrected chi connectivity index (χ2v) is 7.17. The van der Waals surface area contributed by atoms with Crippen LogP contribution in [0.25, 0.3) is 0 Å². The number of carbonyl (C=O) groups excluding carboxylic acids is 1. The molecule has 3 heterocycles. The lowest BCUT2D eigenvalue weighted by Crippen LogP contribution is -2.35. The van der Waals surface area contributed by atoms with Crippen molar-refractivity contribution >= 4 is 5.91 Å². The van der Waals surface area contributed by atoms with E-state index < -0.39 is 0 Å². The molecule has 0 bridgehead atoms. The molecule has 1 aliphatic heterocycles. The van der Waals surface area contributed by atoms with Crippen LogP contribution in [0.2, 0.25) is 0 Å². The van der Waals surface area contributed by atoms with Gasteiger partial charge in [-0.2, -0.15) is 0 Å². The van der Waals surface area contributed by atoms with E-state index in [2.05, 4.69) is 30.5 Å². The zero-order valence-electron chi connectivity index (χ0n) is 15.2. The van der Waals surface area contributed by atoms with Crippen molar-refractivity contribution in [1.29, 1.82) is 0 Å². The molecule has 1 saturated heterocycles. The zero-order chi connectivity index (χ0) is 17.4. The minimum Gasteiger partial charge on any atom is -0.467 e. The Labute approximate surface area is 143 Å². The van der Waals surface area contributed by atoms with Gasteiger partial charge in [0.2, 0.25) is 0 Å². The highest BCUT2D eigenvalue weighted by molar-refractivity contribution is 5.96. The summed E-state index contributed by atoms with van der Waals surface area (Å²) < 4.78 is 7.60. The van der Waals surface area contributed by atoms with Crippen LogP contribution in [-0.4, -0.2) is 53.5 Å². The van der Waals surface area contributed by atoms with Crippen LogP contribution >= 0.6 is 0 Å². The van der Waals surface area contributed by atoms with Gasteiger partial charge in [0.25, 0.3) is 5.91 Å². The zero-order valence-corrected chi connectivity index (χ0v) is 15.2. The van der Waals surface area contributed by atoms with Gasteiger partial charge in [-0.1, -0.05) is 6.92 Å². The number of hydrogen-bond acceptors (Lipinski definition) is 3. The van der Waals surface area contributed by atoms with E-state index >= 15 is 0 Å². The second-order valence-electron chi connectivity index (χ2n) is 7.17. The highest BCUT2D eigenvalue weighted by atomic mass is 16.3. The summed E-state index contributed by atoms with van der Waals surface area (Å²) in [6, 6.07) is 6.29. The second kappa shape index (κ2) is 6.48. The van der Waals surface area contributed by atoms with Crippen LogP contribution in [0.5, 0.6) is 0 Å². The van der Waals surface area contributed by atoms with Gasteiger partial charge in [0.1, 0.15) is 5.76 Å². The van der Waals surface area contributed by atoms with Crippen molar-refractivity contribution in [3.63, 3.8) is 0 Å². The van der Waals surface area contributed by atoms with Gasteiger partial charge in [0.05, 0.1) is 18.4 Å². The molecule has 3 rings (SSSR count). The van der Waals surface area contributed by atoms with Gasteiger partial charge in [0.15, 0.2) is 0 Å². The summed E-state index contributed by atoms with van der Waals surface area (Å²) in [7, 11) is 4.18. The largest absolute Gasteiger partial charge is 0.467 e. The molecule has 5 nitrogen and oxygen atoms in total. The summed E-state index contributed by atoms with van der Waals surface area (Å²) in [6.45, 7) is 8.57. The van der Waals surface area contributed by atoms with Crippen LogP contribution in [0.1, 0.15) is 34.4 Å². The molecular weight excluding hydrogens is 302 g/mol. The summed E-state index contributed by atoms with van der Waals surface area (Å²) in [4.78, 5) is 17.2. The van der Waals surface area contributed by atoms with E-state index in [-0.39, 0.29) is 5.91 Å². The number of aryl methyl sites for hydroxylation is 1. The Bertz CT molecular complexity index is 715. The van der Waals surface area contributed by atoms with E-state index in [9.17, 15) is 4.79 Å². The van der Waals surface area contributed by atoms with Crippen molar-refractivity contribution in [2.45, 2.75) is 33.4 Å². The molecule has 2 aromatic rings. The lowest BCUT2D eigenvalue weighted by molar-refractivity contribution is 0.0780. The molecule has 2 atom stereocenters. The number of aromatic nitrogens is 1. The van der Waals surface area contributed by atoms with E-state index in [1.807, 2.05) is 36.9 Å². The maximum Gasteiger partial charge on any atom is 0.255 e. The highest BCUT2D eigenvalue weighted by Gasteiger charge is 2.35. The van der Waals surface area contributed by atoms with Crippen LogP contribution in [0.4, 0.5) is 0 Å². The third kappa shape index (κ3) is 3.00. The lowest BCUT2D eigenvalue weighted by Gasteiger charge is -2.22. The van der Waals surface area contributed by atoms with E-state index in [0.29, 0.717) is 18.5 Å². The molecule has 0 radical (unpaired) electrons. The van der Waals surface area contributed by atoms with E-state index in [1.54, 1.807) is 6.26 Å². The molecule has 1 aliphatic rings. The van der Waals surface area contributed by atoms with E-state index in [1.165, 1.54) is 0 Å². The Hall–Kier alpha value is -2.01. The number of nitrogens with zero attached hydrogens (tertiary/aromatic N) is 3. The Morgan fingerprint density at radius 2 is 2.08 bits per heavy atom. The van der Waals surface area contributed by atoms with Crippen LogP contribution in [-0.2, 0) is 6.54 Å². The molecule has 0 aromatic carbocycles. The molecule has 1 fully saturated rings. The predicted molar refractivity (Wildman–Crippen MR) is 94.3 cm³/mol. The van der Waals surface area contributed by atoms with Gasteiger partial charge in [0, 0.05) is 30.5 Å². The fourth-order valence-corrected chi connectivity index (χ4v) is 3.78. The SMILES string of the molecule is Cc1cc(C(=O)N2C[C@@H](N(C)C)[C@@H](C)C2)c(C)n1Cc1ccco1. The number of amides is 1. The summed E-state index contributed by atoms with van der Waals surface area (Å²) in [5.74, 6) is 1.54. The van der Waals surface area contributed by atoms with Crippen LogP contribution in [0, 0.1) is 19.8 Å². The quantitative estimate of drug-likeness (QED) is 0.866. The van der Waals surface area contributed by atoms with Gasteiger partial charge in [-0.05, 0) is 52.1 Å². The van der Waals surface area contributed by atoms with Gasteiger partial charge in [-0.3, -0.25) is 4.79 Å². The van der Waals surface area contributed by atoms with Crippen molar-refractivity contribution in [3.8, 4) is 0 Å². The van der Waals surface area contributed by atoms with Gasteiger partial charge in [-0.25, -0.2) is 0 Å². The Balaban J connectivity index is 1.81. The first-order valence-corrected chi connectivity index (χ1v) is 8.53. The van der Waals surface area contributed by atoms with Gasteiger partial charge >= 0.3 is 0 Å². The maximum atomic E-state index is 13.0. The van der Waals surface area contributed by atoms with Crippen molar-refractivity contribution < 1.29 is 9.21 Å². The minimum atomic E-state index is 0.144. The molecule has 1 amide bonds. The van der Waals surface area contributed by atoms with Crippen LogP contribution in [0.15, 0.2) is 28.9 Å². The summed E-state index contributed by atoms with van der Waals surface area (Å²) in [5, 5.41) is 0. The lowest BCUT2D eigenvalue weighted by atomic mass is 10.1. The molecule has 24 heavy (non-hydrogen) atoms. The molecule has 0 aliphatic carbocycles. The van der Waals surface area contributed by atoms with Crippen molar-refractivity contribution in [2.24, 2.45) is 5.92 Å². The third-order valence-corrected chi connectivity index (χ3v) is 5.22. The van der Waals surface area contributed by atoms with E-state index in [0.717, 1.165) is 35.8 Å². The molecule has 0 N–H and O–H groups in total. The standard InChI is InChI=1S/C19H27N3O2/c1-13-10-21(12-18(13)20(4)5)19(23)17-9-14(2)22(15(17)3)11-16-7-6-8-24-16/h6-9,13,18H,10-12H2,1-5H3/t13-,18+/m0/s1. The highest BCUT2D eigenvalue weighted by Crippen LogP contribution is 2.25. The molecular formula is C19H27N3O2. The molecule has 5 heteroatoms. The van der Waals surface area contributed by atoms with Gasteiger partial charge < -0.3 is 18.8 Å². The number of hydrogen-bond donors (Lipinski definition) is 0. The average Bonchev–Trinajstić information content (AvgIpc) is 3.23. The summed E-state index contributed by atoms with van der Waals surface area (Å²) >= 11 is 0. The predicted octanol–water partition coefficient (Wildman–Crippen LogP) is 2.77. The average molecular weight is 329 g/mol. The topological polar surface area (TPSA) is 41.6 Å². The molecule has 0 saturated carbocycles. The normalized spacial score (nSPS) is 21.0. The fourth-order valence-electron chi connectivity index (χ4n) is 3.78.